The fraction of sp³-hybridized carbons (Fsp3) is 0.250. The van der Waals surface area contributed by atoms with Gasteiger partial charge in [0.1, 0.15) is 0 Å². The summed E-state index contributed by atoms with van der Waals surface area (Å²) in [4.78, 5) is 36.2. The van der Waals surface area contributed by atoms with Gasteiger partial charge in [-0.05, 0) is 36.8 Å². The molecular formula is C20H20N2O4S2. The maximum absolute atomic E-state index is 12.3. The van der Waals surface area contributed by atoms with Gasteiger partial charge in [0.15, 0.2) is 6.10 Å². The van der Waals surface area contributed by atoms with Gasteiger partial charge in [0, 0.05) is 17.1 Å². The molecule has 0 unspecified atom stereocenters. The molecule has 6 nitrogen and oxygen atoms in total. The van der Waals surface area contributed by atoms with Crippen molar-refractivity contribution in [3.63, 3.8) is 0 Å². The van der Waals surface area contributed by atoms with Crippen LogP contribution in [0.4, 0.5) is 0 Å². The van der Waals surface area contributed by atoms with Crippen molar-refractivity contribution in [3.05, 3.63) is 71.3 Å². The molecule has 1 heterocycles. The quantitative estimate of drug-likeness (QED) is 0.575. The zero-order valence-electron chi connectivity index (χ0n) is 15.2. The minimum atomic E-state index is -1.05. The van der Waals surface area contributed by atoms with Gasteiger partial charge in [0.05, 0.1) is 10.1 Å². The van der Waals surface area contributed by atoms with Crippen molar-refractivity contribution < 1.29 is 19.1 Å². The monoisotopic (exact) mass is 416 g/mol. The van der Waals surface area contributed by atoms with Crippen molar-refractivity contribution in [1.82, 2.24) is 10.9 Å². The first-order valence-electron chi connectivity index (χ1n) is 8.74. The van der Waals surface area contributed by atoms with Crippen molar-refractivity contribution in [2.75, 3.05) is 11.5 Å². The zero-order valence-corrected chi connectivity index (χ0v) is 16.8. The van der Waals surface area contributed by atoms with Gasteiger partial charge in [0.2, 0.25) is 0 Å². The number of ether oxygens (including phenoxy) is 1. The standard InChI is InChI=1S/C20H20N2O4S2/c1-13(17(23)21-22-18(24)14-5-3-2-4-6-14)26-19(25)15-7-9-16(10-8-15)20-27-11-12-28-20/h2-10,13,20H,11-12H2,1H3,(H,21,23)(H,22,24)/t13-/m0/s1. The lowest BCUT2D eigenvalue weighted by atomic mass is 10.1. The summed E-state index contributed by atoms with van der Waals surface area (Å²) in [6.07, 6.45) is -1.05. The van der Waals surface area contributed by atoms with Crippen LogP contribution in [-0.4, -0.2) is 35.4 Å². The molecule has 2 N–H and O–H groups in total. The van der Waals surface area contributed by atoms with Crippen molar-refractivity contribution in [2.24, 2.45) is 0 Å². The number of carbonyl (C=O) groups excluding carboxylic acids is 3. The number of esters is 1. The van der Waals surface area contributed by atoms with Gasteiger partial charge in [-0.1, -0.05) is 30.3 Å². The van der Waals surface area contributed by atoms with E-state index in [1.165, 1.54) is 12.5 Å². The van der Waals surface area contributed by atoms with Crippen LogP contribution in [0.3, 0.4) is 0 Å². The number of hydrogen-bond donors (Lipinski definition) is 2. The average molecular weight is 417 g/mol. The van der Waals surface area contributed by atoms with E-state index in [-0.39, 0.29) is 0 Å². The van der Waals surface area contributed by atoms with E-state index >= 15 is 0 Å². The Morgan fingerprint density at radius 1 is 0.929 bits per heavy atom. The first-order chi connectivity index (χ1) is 13.5. The van der Waals surface area contributed by atoms with Gasteiger partial charge >= 0.3 is 5.97 Å². The molecule has 2 aromatic rings. The molecule has 2 aromatic carbocycles. The topological polar surface area (TPSA) is 84.5 Å². The number of thioether (sulfide) groups is 2. The molecule has 0 aliphatic carbocycles. The van der Waals surface area contributed by atoms with Crippen LogP contribution in [0.2, 0.25) is 0 Å². The minimum Gasteiger partial charge on any atom is -0.449 e. The van der Waals surface area contributed by atoms with E-state index in [1.54, 1.807) is 42.5 Å². The average Bonchev–Trinajstić information content (AvgIpc) is 3.27. The Morgan fingerprint density at radius 2 is 1.57 bits per heavy atom. The lowest BCUT2D eigenvalue weighted by molar-refractivity contribution is -0.129. The fourth-order valence-corrected chi connectivity index (χ4v) is 5.35. The third-order valence-corrected chi connectivity index (χ3v) is 7.13. The van der Waals surface area contributed by atoms with E-state index in [9.17, 15) is 14.4 Å². The molecule has 146 valence electrons. The highest BCUT2D eigenvalue weighted by molar-refractivity contribution is 8.19. The summed E-state index contributed by atoms with van der Waals surface area (Å²) >= 11 is 3.78. The number of hydrazine groups is 1. The van der Waals surface area contributed by atoms with Crippen LogP contribution in [0.1, 0.15) is 37.8 Å². The summed E-state index contributed by atoms with van der Waals surface area (Å²) < 4.78 is 5.59. The van der Waals surface area contributed by atoms with Crippen LogP contribution in [0.15, 0.2) is 54.6 Å². The summed E-state index contributed by atoms with van der Waals surface area (Å²) in [5.41, 5.74) is 6.51. The molecular weight excluding hydrogens is 396 g/mol. The SMILES string of the molecule is C[C@H](OC(=O)c1ccc(C2SCCS2)cc1)C(=O)NNC(=O)c1ccccc1. The van der Waals surface area contributed by atoms with Gasteiger partial charge in [-0.25, -0.2) is 4.79 Å². The number of benzene rings is 2. The molecule has 1 fully saturated rings. The van der Waals surface area contributed by atoms with E-state index in [0.717, 1.165) is 11.5 Å². The molecule has 1 saturated heterocycles. The highest BCUT2D eigenvalue weighted by Gasteiger charge is 2.21. The number of hydrogen-bond acceptors (Lipinski definition) is 6. The van der Waals surface area contributed by atoms with Crippen molar-refractivity contribution in [3.8, 4) is 0 Å². The summed E-state index contributed by atoms with van der Waals surface area (Å²) in [5.74, 6) is 0.605. The summed E-state index contributed by atoms with van der Waals surface area (Å²) in [6, 6.07) is 15.7. The van der Waals surface area contributed by atoms with Crippen LogP contribution < -0.4 is 10.9 Å². The van der Waals surface area contributed by atoms with Gasteiger partial charge in [-0.2, -0.15) is 0 Å². The predicted octanol–water partition coefficient (Wildman–Crippen LogP) is 3.17. The molecule has 1 aliphatic rings. The molecule has 0 radical (unpaired) electrons. The maximum Gasteiger partial charge on any atom is 0.338 e. The molecule has 0 spiro atoms. The Kier molecular flexibility index (Phi) is 7.00. The van der Waals surface area contributed by atoms with Crippen molar-refractivity contribution in [2.45, 2.75) is 17.6 Å². The van der Waals surface area contributed by atoms with Crippen molar-refractivity contribution >= 4 is 41.3 Å². The van der Waals surface area contributed by atoms with Crippen LogP contribution in [0, 0.1) is 0 Å². The largest absolute Gasteiger partial charge is 0.449 e. The first kappa shape index (κ1) is 20.3. The summed E-state index contributed by atoms with van der Waals surface area (Å²) in [6.45, 7) is 1.45. The molecule has 1 aliphatic heterocycles. The highest BCUT2D eigenvalue weighted by Crippen LogP contribution is 2.45. The molecule has 0 saturated carbocycles. The Labute approximate surface area is 171 Å². The molecule has 0 aromatic heterocycles. The lowest BCUT2D eigenvalue weighted by Gasteiger charge is -2.14. The van der Waals surface area contributed by atoms with Gasteiger partial charge in [0.25, 0.3) is 11.8 Å². The lowest BCUT2D eigenvalue weighted by Crippen LogP contribution is -2.46. The van der Waals surface area contributed by atoms with E-state index in [1.807, 2.05) is 35.7 Å². The fourth-order valence-electron chi connectivity index (χ4n) is 2.49. The highest BCUT2D eigenvalue weighted by atomic mass is 32.2. The molecule has 3 rings (SSSR count). The first-order valence-corrected chi connectivity index (χ1v) is 10.8. The summed E-state index contributed by atoms with van der Waals surface area (Å²) in [5, 5.41) is 0. The van der Waals surface area contributed by atoms with Gasteiger partial charge in [-0.3, -0.25) is 20.4 Å². The van der Waals surface area contributed by atoms with E-state index < -0.39 is 23.9 Å². The maximum atomic E-state index is 12.3. The van der Waals surface area contributed by atoms with Gasteiger partial charge < -0.3 is 4.74 Å². The molecule has 2 amide bonds. The summed E-state index contributed by atoms with van der Waals surface area (Å²) in [7, 11) is 0. The Morgan fingerprint density at radius 3 is 2.21 bits per heavy atom. The number of rotatable bonds is 5. The Hall–Kier alpha value is -2.45. The second-order valence-corrected chi connectivity index (χ2v) is 8.78. The number of nitrogens with one attached hydrogen (secondary N) is 2. The van der Waals surface area contributed by atoms with Crippen LogP contribution in [0.25, 0.3) is 0 Å². The van der Waals surface area contributed by atoms with Crippen LogP contribution in [0.5, 0.6) is 0 Å². The minimum absolute atomic E-state index is 0.379. The van der Waals surface area contributed by atoms with Crippen LogP contribution >= 0.6 is 23.5 Å². The third kappa shape index (κ3) is 5.30. The normalized spacial score (nSPS) is 14.9. The smallest absolute Gasteiger partial charge is 0.338 e. The molecule has 28 heavy (non-hydrogen) atoms. The van der Waals surface area contributed by atoms with E-state index in [4.69, 9.17) is 4.74 Å². The predicted molar refractivity (Wildman–Crippen MR) is 111 cm³/mol. The van der Waals surface area contributed by atoms with E-state index in [0.29, 0.717) is 15.7 Å². The third-order valence-electron chi connectivity index (χ3n) is 4.03. The Bertz CT molecular complexity index is 837. The van der Waals surface area contributed by atoms with Crippen molar-refractivity contribution in [1.29, 1.82) is 0 Å². The second-order valence-electron chi connectivity index (χ2n) is 6.05. The number of amides is 2. The van der Waals surface area contributed by atoms with Crippen LogP contribution in [-0.2, 0) is 9.53 Å². The van der Waals surface area contributed by atoms with E-state index in [2.05, 4.69) is 10.9 Å². The number of carbonyl (C=O) groups is 3. The second kappa shape index (κ2) is 9.66. The Balaban J connectivity index is 1.49. The molecule has 8 heteroatoms. The van der Waals surface area contributed by atoms with Gasteiger partial charge in [-0.15, -0.1) is 23.5 Å². The molecule has 1 atom stereocenters. The molecule has 0 bridgehead atoms. The zero-order chi connectivity index (χ0) is 19.9.